The highest BCUT2D eigenvalue weighted by Gasteiger charge is 2.19. The molecule has 0 saturated carbocycles. The number of amides is 1. The van der Waals surface area contributed by atoms with Crippen molar-refractivity contribution in [1.82, 2.24) is 4.98 Å². The molecule has 7 nitrogen and oxygen atoms in total. The van der Waals surface area contributed by atoms with Crippen molar-refractivity contribution in [3.8, 4) is 22.4 Å². The number of nitrogens with zero attached hydrogens (tertiary/aromatic N) is 2. The minimum atomic E-state index is -0.991. The number of esters is 1. The summed E-state index contributed by atoms with van der Waals surface area (Å²) >= 11 is 1.41. The van der Waals surface area contributed by atoms with E-state index >= 15 is 0 Å². The third-order valence-electron chi connectivity index (χ3n) is 4.23. The lowest BCUT2D eigenvalue weighted by atomic mass is 10.2. The van der Waals surface area contributed by atoms with Crippen LogP contribution in [0, 0.1) is 11.3 Å². The molecule has 2 aromatic carbocycles. The number of aromatic nitrogens is 1. The maximum atomic E-state index is 12.3. The molecule has 0 saturated heterocycles. The van der Waals surface area contributed by atoms with Crippen molar-refractivity contribution in [3.05, 3.63) is 65.2 Å². The van der Waals surface area contributed by atoms with Crippen molar-refractivity contribution >= 4 is 28.9 Å². The van der Waals surface area contributed by atoms with Gasteiger partial charge in [-0.15, -0.1) is 11.3 Å². The number of nitriles is 1. The second-order valence-corrected chi connectivity index (χ2v) is 7.42. The second kappa shape index (κ2) is 10.4. The van der Waals surface area contributed by atoms with Gasteiger partial charge < -0.3 is 14.8 Å². The van der Waals surface area contributed by atoms with E-state index in [1.165, 1.54) is 18.3 Å². The Labute approximate surface area is 184 Å². The minimum Gasteiger partial charge on any atom is -0.493 e. The van der Waals surface area contributed by atoms with Gasteiger partial charge in [0.2, 0.25) is 0 Å². The van der Waals surface area contributed by atoms with Crippen molar-refractivity contribution in [2.75, 3.05) is 11.9 Å². The van der Waals surface area contributed by atoms with Crippen LogP contribution in [0.15, 0.2) is 53.9 Å². The number of benzene rings is 2. The zero-order chi connectivity index (χ0) is 22.2. The van der Waals surface area contributed by atoms with Gasteiger partial charge in [-0.05, 0) is 44.2 Å². The molecule has 0 spiro atoms. The highest BCUT2D eigenvalue weighted by molar-refractivity contribution is 7.13. The van der Waals surface area contributed by atoms with Crippen LogP contribution in [0.1, 0.15) is 25.1 Å². The molecule has 0 bridgehead atoms. The molecule has 1 N–H and O–H groups in total. The smallest absolute Gasteiger partial charge is 0.312 e. The number of rotatable bonds is 8. The molecule has 1 heterocycles. The molecule has 8 heteroatoms. The first-order chi connectivity index (χ1) is 15.0. The number of carbonyl (C=O) groups excluding carboxylic acids is 2. The van der Waals surface area contributed by atoms with Crippen LogP contribution in [0.5, 0.6) is 5.75 Å². The van der Waals surface area contributed by atoms with Crippen LogP contribution in [-0.4, -0.2) is 29.6 Å². The first kappa shape index (κ1) is 22.0. The number of hydrogen-bond acceptors (Lipinski definition) is 7. The normalized spacial score (nSPS) is 11.3. The van der Waals surface area contributed by atoms with Gasteiger partial charge in [-0.3, -0.25) is 9.59 Å². The lowest BCUT2D eigenvalue weighted by Crippen LogP contribution is -2.30. The largest absolute Gasteiger partial charge is 0.493 e. The summed E-state index contributed by atoms with van der Waals surface area (Å²) in [6, 6.07) is 16.1. The third kappa shape index (κ3) is 5.90. The van der Waals surface area contributed by atoms with Crippen molar-refractivity contribution in [2.45, 2.75) is 26.4 Å². The molecular weight excluding hydrogens is 414 g/mol. The highest BCUT2D eigenvalue weighted by atomic mass is 32.1. The lowest BCUT2D eigenvalue weighted by Gasteiger charge is -2.13. The maximum absolute atomic E-state index is 12.3. The van der Waals surface area contributed by atoms with Crippen LogP contribution in [0.25, 0.3) is 10.6 Å². The van der Waals surface area contributed by atoms with Crippen molar-refractivity contribution in [2.24, 2.45) is 0 Å². The van der Waals surface area contributed by atoms with Crippen LogP contribution in [0.4, 0.5) is 5.69 Å². The van der Waals surface area contributed by atoms with E-state index in [0.717, 1.165) is 16.3 Å². The molecule has 3 rings (SSSR count). The summed E-state index contributed by atoms with van der Waals surface area (Å²) in [6.07, 6.45) is -1.04. The average Bonchev–Trinajstić information content (AvgIpc) is 3.22. The van der Waals surface area contributed by atoms with Gasteiger partial charge in [0.1, 0.15) is 10.8 Å². The maximum Gasteiger partial charge on any atom is 0.312 e. The number of anilines is 1. The summed E-state index contributed by atoms with van der Waals surface area (Å²) in [5.41, 5.74) is 2.31. The molecule has 1 aromatic heterocycles. The molecule has 0 aliphatic rings. The van der Waals surface area contributed by atoms with Crippen LogP contribution < -0.4 is 10.1 Å². The summed E-state index contributed by atoms with van der Waals surface area (Å²) in [4.78, 5) is 29.1. The highest BCUT2D eigenvalue weighted by Crippen LogP contribution is 2.32. The number of carbonyl (C=O) groups is 2. The predicted octanol–water partition coefficient (Wildman–Crippen LogP) is 4.19. The molecule has 0 aliphatic carbocycles. The van der Waals surface area contributed by atoms with Crippen LogP contribution in [-0.2, 0) is 20.7 Å². The number of nitrogens with one attached hydrogen (secondary N) is 1. The van der Waals surface area contributed by atoms with E-state index in [1.807, 2.05) is 37.3 Å². The van der Waals surface area contributed by atoms with Crippen LogP contribution in [0.2, 0.25) is 0 Å². The molecule has 3 aromatic rings. The molecule has 1 amide bonds. The summed E-state index contributed by atoms with van der Waals surface area (Å²) in [7, 11) is 0. The Morgan fingerprint density at radius 1 is 1.23 bits per heavy atom. The lowest BCUT2D eigenvalue weighted by molar-refractivity contribution is -0.152. The van der Waals surface area contributed by atoms with E-state index in [1.54, 1.807) is 29.6 Å². The van der Waals surface area contributed by atoms with Crippen LogP contribution >= 0.6 is 11.3 Å². The van der Waals surface area contributed by atoms with Gasteiger partial charge in [-0.25, -0.2) is 4.98 Å². The summed E-state index contributed by atoms with van der Waals surface area (Å²) in [6.45, 7) is 3.95. The fraction of sp³-hybridized carbons (Fsp3) is 0.217. The Kier molecular flexibility index (Phi) is 7.35. The first-order valence-electron chi connectivity index (χ1n) is 9.67. The number of hydrogen-bond donors (Lipinski definition) is 1. The van der Waals surface area contributed by atoms with Gasteiger partial charge >= 0.3 is 5.97 Å². The van der Waals surface area contributed by atoms with E-state index in [4.69, 9.17) is 14.7 Å². The van der Waals surface area contributed by atoms with Crippen LogP contribution in [0.3, 0.4) is 0 Å². The fourth-order valence-corrected chi connectivity index (χ4v) is 3.64. The standard InChI is InChI=1S/C23H21N3O4S/c1-3-29-20-10-5-4-9-19(20)23-26-18(14-31-23)12-21(27)30-15(2)22(28)25-17-8-6-7-16(11-17)13-24/h4-11,14-15H,3,12H2,1-2H3,(H,25,28). The van der Waals surface area contributed by atoms with E-state index in [-0.39, 0.29) is 6.42 Å². The van der Waals surface area contributed by atoms with Gasteiger partial charge in [-0.2, -0.15) is 5.26 Å². The van der Waals surface area contributed by atoms with Crippen molar-refractivity contribution < 1.29 is 19.1 Å². The Balaban J connectivity index is 1.58. The summed E-state index contributed by atoms with van der Waals surface area (Å²) < 4.78 is 10.9. The average molecular weight is 436 g/mol. The van der Waals surface area contributed by atoms with E-state index in [2.05, 4.69) is 10.3 Å². The fourth-order valence-electron chi connectivity index (χ4n) is 2.79. The molecule has 0 aliphatic heterocycles. The van der Waals surface area contributed by atoms with Crippen molar-refractivity contribution in [1.29, 1.82) is 5.26 Å². The van der Waals surface area contributed by atoms with E-state index in [0.29, 0.717) is 23.6 Å². The van der Waals surface area contributed by atoms with Crippen molar-refractivity contribution in [3.63, 3.8) is 0 Å². The van der Waals surface area contributed by atoms with Gasteiger partial charge in [-0.1, -0.05) is 18.2 Å². The zero-order valence-corrected chi connectivity index (χ0v) is 17.9. The number of ether oxygens (including phenoxy) is 2. The quantitative estimate of drug-likeness (QED) is 0.532. The minimum absolute atomic E-state index is 0.0468. The predicted molar refractivity (Wildman–Crippen MR) is 118 cm³/mol. The summed E-state index contributed by atoms with van der Waals surface area (Å²) in [5.74, 6) is -0.296. The van der Waals surface area contributed by atoms with Gasteiger partial charge in [0.05, 0.1) is 35.9 Å². The monoisotopic (exact) mass is 435 g/mol. The Hall–Kier alpha value is -3.70. The molecule has 31 heavy (non-hydrogen) atoms. The first-order valence-corrected chi connectivity index (χ1v) is 10.5. The Morgan fingerprint density at radius 3 is 2.81 bits per heavy atom. The van der Waals surface area contributed by atoms with Gasteiger partial charge in [0, 0.05) is 11.1 Å². The van der Waals surface area contributed by atoms with Gasteiger partial charge in [0.15, 0.2) is 6.10 Å². The molecule has 0 fully saturated rings. The Morgan fingerprint density at radius 2 is 2.03 bits per heavy atom. The second-order valence-electron chi connectivity index (χ2n) is 6.56. The molecular formula is C23H21N3O4S. The zero-order valence-electron chi connectivity index (χ0n) is 17.1. The van der Waals surface area contributed by atoms with E-state index in [9.17, 15) is 9.59 Å². The topological polar surface area (TPSA) is 101 Å². The third-order valence-corrected chi connectivity index (χ3v) is 5.16. The Bertz CT molecular complexity index is 1120. The molecule has 1 atom stereocenters. The number of para-hydroxylation sites is 1. The number of thiazole rings is 1. The molecule has 0 radical (unpaired) electrons. The molecule has 1 unspecified atom stereocenters. The summed E-state index contributed by atoms with van der Waals surface area (Å²) in [5, 5.41) is 14.1. The molecule has 158 valence electrons. The van der Waals surface area contributed by atoms with Gasteiger partial charge in [0.25, 0.3) is 5.91 Å². The van der Waals surface area contributed by atoms with E-state index < -0.39 is 18.0 Å². The SMILES string of the molecule is CCOc1ccccc1-c1nc(CC(=O)OC(C)C(=O)Nc2cccc(C#N)c2)cs1.